The van der Waals surface area contributed by atoms with Crippen molar-refractivity contribution in [2.24, 2.45) is 7.05 Å². The molecular weight excluding hydrogens is 316 g/mol. The first-order chi connectivity index (χ1) is 10.6. The molecule has 0 N–H and O–H groups in total. The molecule has 0 aliphatic carbocycles. The third kappa shape index (κ3) is 2.71. The first-order valence-electron chi connectivity index (χ1n) is 6.78. The minimum Gasteiger partial charge on any atom is -0.293 e. The van der Waals surface area contributed by atoms with E-state index in [9.17, 15) is 9.59 Å². The van der Waals surface area contributed by atoms with Gasteiger partial charge in [-0.15, -0.1) is 11.3 Å². The van der Waals surface area contributed by atoms with Gasteiger partial charge in [0.25, 0.3) is 5.56 Å². The van der Waals surface area contributed by atoms with Crippen LogP contribution in [0.25, 0.3) is 10.2 Å². The quantitative estimate of drug-likeness (QED) is 0.418. The van der Waals surface area contributed by atoms with E-state index in [1.165, 1.54) is 27.7 Å². The van der Waals surface area contributed by atoms with E-state index >= 15 is 0 Å². The maximum Gasteiger partial charge on any atom is 0.262 e. The van der Waals surface area contributed by atoms with E-state index < -0.39 is 0 Å². The normalized spacial score (nSPS) is 12.5. The predicted octanol–water partition coefficient (Wildman–Crippen LogP) is 3.36. The number of hydrogen-bond donors (Lipinski definition) is 0. The summed E-state index contributed by atoms with van der Waals surface area (Å²) in [5.41, 5.74) is 0.595. The second kappa shape index (κ2) is 6.06. The van der Waals surface area contributed by atoms with E-state index in [2.05, 4.69) is 4.98 Å². The number of Topliss-reactive ketones (excluding diaryl/α,β-unsaturated/α-hetero) is 1. The summed E-state index contributed by atoms with van der Waals surface area (Å²) in [6.45, 7) is 1.84. The third-order valence-electron chi connectivity index (χ3n) is 3.37. The van der Waals surface area contributed by atoms with Crippen molar-refractivity contribution in [3.63, 3.8) is 0 Å². The van der Waals surface area contributed by atoms with Gasteiger partial charge < -0.3 is 0 Å². The zero-order valence-electron chi connectivity index (χ0n) is 12.1. The minimum atomic E-state index is -0.307. The van der Waals surface area contributed by atoms with Crippen molar-refractivity contribution in [2.75, 3.05) is 0 Å². The van der Waals surface area contributed by atoms with E-state index in [1.54, 1.807) is 25.2 Å². The molecule has 3 aromatic rings. The summed E-state index contributed by atoms with van der Waals surface area (Å²) >= 11 is 2.75. The van der Waals surface area contributed by atoms with Crippen molar-refractivity contribution in [3.05, 3.63) is 57.7 Å². The van der Waals surface area contributed by atoms with Gasteiger partial charge in [0.15, 0.2) is 10.9 Å². The molecule has 2 aromatic heterocycles. The maximum atomic E-state index is 12.4. The van der Waals surface area contributed by atoms with Gasteiger partial charge in [0.05, 0.1) is 10.6 Å². The number of benzene rings is 1. The molecule has 0 saturated heterocycles. The van der Waals surface area contributed by atoms with Crippen LogP contribution in [0.3, 0.4) is 0 Å². The van der Waals surface area contributed by atoms with Crippen LogP contribution in [-0.2, 0) is 7.05 Å². The number of fused-ring (bicyclic) bond motifs is 1. The lowest BCUT2D eigenvalue weighted by molar-refractivity contribution is 0.0994. The molecule has 0 amide bonds. The van der Waals surface area contributed by atoms with Gasteiger partial charge in [0.2, 0.25) is 0 Å². The van der Waals surface area contributed by atoms with Crippen LogP contribution >= 0.6 is 23.1 Å². The Bertz CT molecular complexity index is 884. The van der Waals surface area contributed by atoms with Gasteiger partial charge in [-0.1, -0.05) is 42.1 Å². The van der Waals surface area contributed by atoms with Crippen LogP contribution in [-0.4, -0.2) is 20.6 Å². The Morgan fingerprint density at radius 2 is 2.00 bits per heavy atom. The van der Waals surface area contributed by atoms with Crippen molar-refractivity contribution in [1.82, 2.24) is 9.55 Å². The number of carbonyl (C=O) groups excluding carboxylic acids is 1. The number of hydrogen-bond acceptors (Lipinski definition) is 5. The first kappa shape index (κ1) is 15.0. The fourth-order valence-corrected chi connectivity index (χ4v) is 3.89. The number of carbonyl (C=O) groups is 1. The Morgan fingerprint density at radius 1 is 1.27 bits per heavy atom. The molecule has 3 rings (SSSR count). The average molecular weight is 330 g/mol. The molecule has 1 atom stereocenters. The fourth-order valence-electron chi connectivity index (χ4n) is 2.13. The van der Waals surface area contributed by atoms with Gasteiger partial charge in [-0.2, -0.15) is 0 Å². The Hall–Kier alpha value is -1.92. The molecule has 1 unspecified atom stereocenters. The highest BCUT2D eigenvalue weighted by Gasteiger charge is 2.19. The Morgan fingerprint density at radius 3 is 2.73 bits per heavy atom. The Labute approximate surface area is 135 Å². The highest BCUT2D eigenvalue weighted by Crippen LogP contribution is 2.25. The monoisotopic (exact) mass is 330 g/mol. The maximum absolute atomic E-state index is 12.4. The second-order valence-corrected chi connectivity index (χ2v) is 7.09. The number of aromatic nitrogens is 2. The Balaban J connectivity index is 1.91. The number of thiophene rings is 1. The third-order valence-corrected chi connectivity index (χ3v) is 5.32. The SMILES string of the molecule is CC(Sc1nc2sccc2c(=O)n1C)C(=O)c1ccccc1. The predicted molar refractivity (Wildman–Crippen MR) is 91.0 cm³/mol. The van der Waals surface area contributed by atoms with Crippen molar-refractivity contribution >= 4 is 39.1 Å². The van der Waals surface area contributed by atoms with Gasteiger partial charge in [-0.3, -0.25) is 14.2 Å². The summed E-state index contributed by atoms with van der Waals surface area (Å²) < 4.78 is 1.51. The second-order valence-electron chi connectivity index (χ2n) is 4.89. The van der Waals surface area contributed by atoms with Gasteiger partial charge in [-0.05, 0) is 18.4 Å². The zero-order chi connectivity index (χ0) is 15.7. The molecule has 6 heteroatoms. The van der Waals surface area contributed by atoms with Crippen LogP contribution in [0.15, 0.2) is 51.7 Å². The summed E-state index contributed by atoms with van der Waals surface area (Å²) in [5, 5.41) is 2.74. The fraction of sp³-hybridized carbons (Fsp3) is 0.188. The van der Waals surface area contributed by atoms with Crippen molar-refractivity contribution in [2.45, 2.75) is 17.3 Å². The molecule has 0 aliphatic rings. The van der Waals surface area contributed by atoms with Crippen LogP contribution in [0.5, 0.6) is 0 Å². The molecule has 1 aromatic carbocycles. The number of ketones is 1. The van der Waals surface area contributed by atoms with Gasteiger partial charge in [-0.25, -0.2) is 4.98 Å². The summed E-state index contributed by atoms with van der Waals surface area (Å²) in [7, 11) is 1.69. The van der Waals surface area contributed by atoms with Crippen molar-refractivity contribution < 1.29 is 4.79 Å². The van der Waals surface area contributed by atoms with E-state index in [1.807, 2.05) is 30.5 Å². The molecule has 4 nitrogen and oxygen atoms in total. The molecule has 22 heavy (non-hydrogen) atoms. The topological polar surface area (TPSA) is 52.0 Å². The molecule has 0 radical (unpaired) electrons. The molecule has 0 fully saturated rings. The molecule has 112 valence electrons. The average Bonchev–Trinajstić information content (AvgIpc) is 3.01. The van der Waals surface area contributed by atoms with Crippen LogP contribution in [0, 0.1) is 0 Å². The minimum absolute atomic E-state index is 0.0334. The Kier molecular flexibility index (Phi) is 4.13. The van der Waals surface area contributed by atoms with Gasteiger partial charge in [0, 0.05) is 12.6 Å². The van der Waals surface area contributed by atoms with Crippen molar-refractivity contribution in [1.29, 1.82) is 0 Å². The van der Waals surface area contributed by atoms with Crippen LogP contribution in [0.2, 0.25) is 0 Å². The smallest absolute Gasteiger partial charge is 0.262 e. The van der Waals surface area contributed by atoms with Crippen LogP contribution in [0.4, 0.5) is 0 Å². The first-order valence-corrected chi connectivity index (χ1v) is 8.54. The lowest BCUT2D eigenvalue weighted by Gasteiger charge is -2.12. The molecule has 0 bridgehead atoms. The number of rotatable bonds is 4. The summed E-state index contributed by atoms with van der Waals surface area (Å²) in [4.78, 5) is 29.9. The highest BCUT2D eigenvalue weighted by molar-refractivity contribution is 8.00. The van der Waals surface area contributed by atoms with E-state index in [0.717, 1.165) is 0 Å². The van der Waals surface area contributed by atoms with E-state index in [4.69, 9.17) is 0 Å². The lowest BCUT2D eigenvalue weighted by atomic mass is 10.1. The van der Waals surface area contributed by atoms with Gasteiger partial charge >= 0.3 is 0 Å². The number of nitrogens with zero attached hydrogens (tertiary/aromatic N) is 2. The summed E-state index contributed by atoms with van der Waals surface area (Å²) in [6, 6.07) is 10.9. The number of thioether (sulfide) groups is 1. The standard InChI is InChI=1S/C16H14N2O2S2/c1-10(13(19)11-6-4-3-5-7-11)22-16-17-14-12(8-9-21-14)15(20)18(16)2/h3-10H,1-2H3. The van der Waals surface area contributed by atoms with E-state index in [0.29, 0.717) is 20.9 Å². The van der Waals surface area contributed by atoms with E-state index in [-0.39, 0.29) is 16.6 Å². The molecular formula is C16H14N2O2S2. The van der Waals surface area contributed by atoms with Crippen LogP contribution in [0.1, 0.15) is 17.3 Å². The lowest BCUT2D eigenvalue weighted by Crippen LogP contribution is -2.21. The zero-order valence-corrected chi connectivity index (χ0v) is 13.8. The molecule has 2 heterocycles. The summed E-state index contributed by atoms with van der Waals surface area (Å²) in [5.74, 6) is 0.0334. The van der Waals surface area contributed by atoms with Crippen molar-refractivity contribution in [3.8, 4) is 0 Å². The van der Waals surface area contributed by atoms with Crippen LogP contribution < -0.4 is 5.56 Å². The molecule has 0 aliphatic heterocycles. The largest absolute Gasteiger partial charge is 0.293 e. The highest BCUT2D eigenvalue weighted by atomic mass is 32.2. The molecule has 0 saturated carbocycles. The van der Waals surface area contributed by atoms with Gasteiger partial charge in [0.1, 0.15) is 4.83 Å². The summed E-state index contributed by atoms with van der Waals surface area (Å²) in [6.07, 6.45) is 0. The molecule has 0 spiro atoms.